The summed E-state index contributed by atoms with van der Waals surface area (Å²) in [6, 6.07) is 5.82. The second kappa shape index (κ2) is 7.82. The molecule has 1 aromatic carbocycles. The van der Waals surface area contributed by atoms with E-state index in [-0.39, 0.29) is 18.0 Å². The largest absolute Gasteiger partial charge is 0.469 e. The maximum Gasteiger partial charge on any atom is 0.313 e. The molecule has 3 nitrogen and oxygen atoms in total. The maximum absolute atomic E-state index is 12.1. The summed E-state index contributed by atoms with van der Waals surface area (Å²) in [7, 11) is 1.26. The molecular formula is C11H12ClFO3. The number of carbonyl (C=O) groups excluding carboxylic acids is 2. The van der Waals surface area contributed by atoms with Gasteiger partial charge in [0.25, 0.3) is 0 Å². The highest BCUT2D eigenvalue weighted by Crippen LogP contribution is 2.07. The van der Waals surface area contributed by atoms with Crippen LogP contribution in [0, 0.1) is 5.82 Å². The third-order valence-electron chi connectivity index (χ3n) is 1.41. The summed E-state index contributed by atoms with van der Waals surface area (Å²) in [6.07, 6.45) is -0.115. The van der Waals surface area contributed by atoms with Crippen molar-refractivity contribution in [3.05, 3.63) is 35.1 Å². The Bertz CT molecular complexity index is 349. The molecule has 0 N–H and O–H groups in total. The Morgan fingerprint density at radius 2 is 2.06 bits per heavy atom. The van der Waals surface area contributed by atoms with Crippen molar-refractivity contribution in [1.29, 1.82) is 0 Å². The highest BCUT2D eigenvalue weighted by molar-refractivity contribution is 6.30. The van der Waals surface area contributed by atoms with Crippen LogP contribution in [0.15, 0.2) is 24.3 Å². The Hall–Kier alpha value is -1.42. The highest BCUT2D eigenvalue weighted by Gasteiger charge is 2.01. The average Bonchev–Trinajstić information content (AvgIpc) is 2.17. The number of methoxy groups -OCH3 is 1. The molecule has 0 bridgehead atoms. The van der Waals surface area contributed by atoms with Crippen LogP contribution in [0.25, 0.3) is 0 Å². The number of carbonyl (C=O) groups is 2. The quantitative estimate of drug-likeness (QED) is 0.595. The van der Waals surface area contributed by atoms with Crippen LogP contribution in [-0.4, -0.2) is 18.9 Å². The van der Waals surface area contributed by atoms with Crippen LogP contribution in [0.1, 0.15) is 13.3 Å². The zero-order valence-corrected chi connectivity index (χ0v) is 9.75. The summed E-state index contributed by atoms with van der Waals surface area (Å²) in [5.74, 6) is -0.938. The van der Waals surface area contributed by atoms with Gasteiger partial charge in [0.15, 0.2) is 0 Å². The number of benzene rings is 1. The van der Waals surface area contributed by atoms with Crippen LogP contribution >= 0.6 is 11.6 Å². The zero-order chi connectivity index (χ0) is 12.6. The van der Waals surface area contributed by atoms with E-state index in [4.69, 9.17) is 11.6 Å². The van der Waals surface area contributed by atoms with Crippen molar-refractivity contribution in [3.8, 4) is 0 Å². The number of rotatable bonds is 2. The van der Waals surface area contributed by atoms with Crippen molar-refractivity contribution >= 4 is 23.4 Å². The third kappa shape index (κ3) is 7.94. The fraction of sp³-hybridized carbons (Fsp3) is 0.273. The summed E-state index contributed by atoms with van der Waals surface area (Å²) in [6.45, 7) is 1.34. The van der Waals surface area contributed by atoms with Crippen molar-refractivity contribution < 1.29 is 18.7 Å². The summed E-state index contributed by atoms with van der Waals surface area (Å²) in [4.78, 5) is 20.3. The van der Waals surface area contributed by atoms with Crippen LogP contribution in [0.4, 0.5) is 4.39 Å². The minimum Gasteiger partial charge on any atom is -0.469 e. The molecule has 1 aromatic rings. The minimum atomic E-state index is -0.475. The average molecular weight is 247 g/mol. The van der Waals surface area contributed by atoms with E-state index in [1.807, 2.05) is 0 Å². The van der Waals surface area contributed by atoms with Crippen LogP contribution < -0.4 is 0 Å². The van der Waals surface area contributed by atoms with Crippen LogP contribution in [-0.2, 0) is 14.3 Å². The predicted molar refractivity (Wildman–Crippen MR) is 58.7 cm³/mol. The van der Waals surface area contributed by atoms with E-state index in [0.717, 1.165) is 0 Å². The molecule has 0 unspecified atom stereocenters. The van der Waals surface area contributed by atoms with Gasteiger partial charge in [-0.2, -0.15) is 0 Å². The summed E-state index contributed by atoms with van der Waals surface area (Å²) in [5.41, 5.74) is 0. The molecule has 0 spiro atoms. The van der Waals surface area contributed by atoms with Gasteiger partial charge in [-0.25, -0.2) is 4.39 Å². The first-order valence-corrected chi connectivity index (χ1v) is 4.81. The Morgan fingerprint density at radius 3 is 2.31 bits per heavy atom. The van der Waals surface area contributed by atoms with E-state index in [1.54, 1.807) is 12.1 Å². The van der Waals surface area contributed by atoms with E-state index in [2.05, 4.69) is 4.74 Å². The lowest BCUT2D eigenvalue weighted by Gasteiger charge is -1.90. The topological polar surface area (TPSA) is 43.4 Å². The number of ether oxygens (including phenoxy) is 1. The first-order chi connectivity index (χ1) is 7.45. The number of halogens is 2. The maximum atomic E-state index is 12.1. The molecule has 0 aromatic heterocycles. The van der Waals surface area contributed by atoms with Gasteiger partial charge < -0.3 is 4.74 Å². The monoisotopic (exact) mass is 246 g/mol. The molecule has 0 fully saturated rings. The minimum absolute atomic E-state index is 0.115. The lowest BCUT2D eigenvalue weighted by Crippen LogP contribution is -2.05. The van der Waals surface area contributed by atoms with E-state index in [1.165, 1.54) is 26.2 Å². The second-order valence-corrected chi connectivity index (χ2v) is 3.33. The molecular weight excluding hydrogens is 235 g/mol. The molecule has 0 saturated carbocycles. The molecule has 5 heteroatoms. The molecule has 0 radical (unpaired) electrons. The number of hydrogen-bond acceptors (Lipinski definition) is 3. The molecule has 0 amide bonds. The molecule has 0 aliphatic rings. The molecule has 0 heterocycles. The molecule has 0 saturated heterocycles. The Balaban J connectivity index is 0.000000281. The summed E-state index contributed by atoms with van der Waals surface area (Å²) >= 11 is 5.40. The lowest BCUT2D eigenvalue weighted by molar-refractivity contribution is -0.142. The predicted octanol–water partition coefficient (Wildman–Crippen LogP) is 2.62. The van der Waals surface area contributed by atoms with Gasteiger partial charge in [0.05, 0.1) is 7.11 Å². The third-order valence-corrected chi connectivity index (χ3v) is 1.64. The van der Waals surface area contributed by atoms with Crippen molar-refractivity contribution in [2.75, 3.05) is 7.11 Å². The molecule has 88 valence electrons. The van der Waals surface area contributed by atoms with Crippen LogP contribution in [0.5, 0.6) is 0 Å². The Labute approximate surface area is 98.2 Å². The lowest BCUT2D eigenvalue weighted by atomic mass is 10.3. The normalized spacial score (nSPS) is 8.75. The van der Waals surface area contributed by atoms with Crippen molar-refractivity contribution in [2.45, 2.75) is 13.3 Å². The van der Waals surface area contributed by atoms with Gasteiger partial charge in [0.1, 0.15) is 18.0 Å². The van der Waals surface area contributed by atoms with Gasteiger partial charge in [0.2, 0.25) is 0 Å². The van der Waals surface area contributed by atoms with E-state index < -0.39 is 5.97 Å². The Kier molecular flexibility index (Phi) is 7.12. The van der Waals surface area contributed by atoms with Crippen molar-refractivity contribution in [3.63, 3.8) is 0 Å². The number of ketones is 1. The van der Waals surface area contributed by atoms with Crippen molar-refractivity contribution in [1.82, 2.24) is 0 Å². The summed E-state index contributed by atoms with van der Waals surface area (Å²) < 4.78 is 16.3. The van der Waals surface area contributed by atoms with E-state index in [0.29, 0.717) is 5.02 Å². The van der Waals surface area contributed by atoms with Gasteiger partial charge in [-0.1, -0.05) is 17.7 Å². The van der Waals surface area contributed by atoms with Gasteiger partial charge in [-0.3, -0.25) is 9.59 Å². The fourth-order valence-corrected chi connectivity index (χ4v) is 0.912. The number of Topliss-reactive ketones (excluding diaryl/α,β-unsaturated/α-hetero) is 1. The molecule has 0 aliphatic heterocycles. The van der Waals surface area contributed by atoms with Gasteiger partial charge in [-0.05, 0) is 25.1 Å². The van der Waals surface area contributed by atoms with Gasteiger partial charge >= 0.3 is 5.97 Å². The standard InChI is InChI=1S/C6H4ClF.C5H8O3/c7-5-2-1-3-6(8)4-5;1-4(6)3-5(7)8-2/h1-4H;3H2,1-2H3. The molecule has 16 heavy (non-hydrogen) atoms. The molecule has 0 atom stereocenters. The fourth-order valence-electron chi connectivity index (χ4n) is 0.735. The first-order valence-electron chi connectivity index (χ1n) is 4.43. The Morgan fingerprint density at radius 1 is 1.44 bits per heavy atom. The number of hydrogen-bond donors (Lipinski definition) is 0. The summed E-state index contributed by atoms with van der Waals surface area (Å²) in [5, 5.41) is 0.435. The van der Waals surface area contributed by atoms with Gasteiger partial charge in [0, 0.05) is 5.02 Å². The van der Waals surface area contributed by atoms with Gasteiger partial charge in [-0.15, -0.1) is 0 Å². The smallest absolute Gasteiger partial charge is 0.313 e. The SMILES string of the molecule is COC(=O)CC(C)=O.Fc1cccc(Cl)c1. The van der Waals surface area contributed by atoms with Crippen LogP contribution in [0.3, 0.4) is 0 Å². The first kappa shape index (κ1) is 14.6. The van der Waals surface area contributed by atoms with Crippen LogP contribution in [0.2, 0.25) is 5.02 Å². The zero-order valence-electron chi connectivity index (χ0n) is 9.00. The van der Waals surface area contributed by atoms with E-state index in [9.17, 15) is 14.0 Å². The molecule has 0 aliphatic carbocycles. The highest BCUT2D eigenvalue weighted by atomic mass is 35.5. The van der Waals surface area contributed by atoms with Crippen molar-refractivity contribution in [2.24, 2.45) is 0 Å². The second-order valence-electron chi connectivity index (χ2n) is 2.89. The number of esters is 1. The van der Waals surface area contributed by atoms with E-state index >= 15 is 0 Å². The molecule has 1 rings (SSSR count).